The lowest BCUT2D eigenvalue weighted by atomic mass is 9.99. The van der Waals surface area contributed by atoms with Gasteiger partial charge in [-0.3, -0.25) is 0 Å². The van der Waals surface area contributed by atoms with Crippen LogP contribution < -0.4 is 0 Å². The molecule has 0 aliphatic carbocycles. The summed E-state index contributed by atoms with van der Waals surface area (Å²) in [5.41, 5.74) is 1.11. The van der Waals surface area contributed by atoms with Gasteiger partial charge in [0, 0.05) is 13.1 Å². The Kier molecular flexibility index (Phi) is 4.64. The highest BCUT2D eigenvalue weighted by Gasteiger charge is 2.19. The van der Waals surface area contributed by atoms with Gasteiger partial charge in [-0.2, -0.15) is 0 Å². The predicted molar refractivity (Wildman–Crippen MR) is 53.4 cm³/mol. The van der Waals surface area contributed by atoms with E-state index < -0.39 is 0 Å². The molecule has 2 heteroatoms. The Labute approximate surface area is 75.3 Å². The molecule has 0 bridgehead atoms. The van der Waals surface area contributed by atoms with E-state index in [2.05, 4.69) is 31.8 Å². The van der Waals surface area contributed by atoms with Crippen LogP contribution in [0.5, 0.6) is 0 Å². The van der Waals surface area contributed by atoms with Crippen LogP contribution in [0.25, 0.3) is 0 Å². The third kappa shape index (κ3) is 4.94. The van der Waals surface area contributed by atoms with Crippen molar-refractivity contribution in [2.75, 3.05) is 0 Å². The van der Waals surface area contributed by atoms with Crippen molar-refractivity contribution in [2.24, 2.45) is 5.16 Å². The summed E-state index contributed by atoms with van der Waals surface area (Å²) in [6.45, 7) is 11.6. The fourth-order valence-corrected chi connectivity index (χ4v) is 1.30. The minimum atomic E-state index is -0.225. The van der Waals surface area contributed by atoms with Crippen LogP contribution in [0.3, 0.4) is 0 Å². The van der Waals surface area contributed by atoms with E-state index >= 15 is 0 Å². The molecule has 0 aromatic carbocycles. The molecule has 2 nitrogen and oxygen atoms in total. The second-order valence-corrected chi connectivity index (χ2v) is 3.62. The highest BCUT2D eigenvalue weighted by Crippen LogP contribution is 2.20. The Bertz CT molecular complexity index is 171. The highest BCUT2D eigenvalue weighted by atomic mass is 16.6. The van der Waals surface area contributed by atoms with Gasteiger partial charge in [0.25, 0.3) is 0 Å². The van der Waals surface area contributed by atoms with Crippen LogP contribution in [0.15, 0.2) is 16.8 Å². The summed E-state index contributed by atoms with van der Waals surface area (Å²) in [5.74, 6) is 0. The molecule has 0 atom stereocenters. The van der Waals surface area contributed by atoms with Gasteiger partial charge < -0.3 is 4.84 Å². The lowest BCUT2D eigenvalue weighted by Gasteiger charge is -2.22. The van der Waals surface area contributed by atoms with E-state index in [0.29, 0.717) is 0 Å². The SMILES string of the molecule is C=NOC(C)(C)C/C(C)=C/CC. The van der Waals surface area contributed by atoms with Crippen molar-refractivity contribution in [2.45, 2.75) is 46.1 Å². The maximum atomic E-state index is 5.12. The first-order valence-corrected chi connectivity index (χ1v) is 4.31. The molecule has 0 rings (SSSR count). The van der Waals surface area contributed by atoms with Gasteiger partial charge in [0.15, 0.2) is 0 Å². The van der Waals surface area contributed by atoms with Gasteiger partial charge in [0.2, 0.25) is 0 Å². The first kappa shape index (κ1) is 11.2. The second-order valence-electron chi connectivity index (χ2n) is 3.62. The molecule has 0 radical (unpaired) electrons. The fourth-order valence-electron chi connectivity index (χ4n) is 1.30. The molecule has 0 aromatic heterocycles. The van der Waals surface area contributed by atoms with E-state index in [1.807, 2.05) is 13.8 Å². The van der Waals surface area contributed by atoms with Crippen molar-refractivity contribution in [3.8, 4) is 0 Å². The van der Waals surface area contributed by atoms with Gasteiger partial charge in [0.1, 0.15) is 5.60 Å². The minimum absolute atomic E-state index is 0.225. The van der Waals surface area contributed by atoms with Crippen LogP contribution in [0.4, 0.5) is 0 Å². The third-order valence-corrected chi connectivity index (χ3v) is 1.57. The van der Waals surface area contributed by atoms with E-state index in [4.69, 9.17) is 4.84 Å². The summed E-state index contributed by atoms with van der Waals surface area (Å²) >= 11 is 0. The molecule has 0 saturated heterocycles. The second kappa shape index (κ2) is 4.96. The Balaban J connectivity index is 4.04. The quantitative estimate of drug-likeness (QED) is 0.352. The molecule has 0 N–H and O–H groups in total. The van der Waals surface area contributed by atoms with Crippen molar-refractivity contribution >= 4 is 6.72 Å². The van der Waals surface area contributed by atoms with Crippen molar-refractivity contribution in [3.63, 3.8) is 0 Å². The number of allylic oxidation sites excluding steroid dienone is 1. The lowest BCUT2D eigenvalue weighted by Crippen LogP contribution is -2.21. The third-order valence-electron chi connectivity index (χ3n) is 1.57. The van der Waals surface area contributed by atoms with Gasteiger partial charge in [-0.05, 0) is 27.2 Å². The van der Waals surface area contributed by atoms with Gasteiger partial charge >= 0.3 is 0 Å². The molecule has 0 spiro atoms. The summed E-state index contributed by atoms with van der Waals surface area (Å²) in [6, 6.07) is 0. The summed E-state index contributed by atoms with van der Waals surface area (Å²) in [4.78, 5) is 5.12. The van der Waals surface area contributed by atoms with E-state index in [1.165, 1.54) is 5.57 Å². The van der Waals surface area contributed by atoms with E-state index in [-0.39, 0.29) is 5.60 Å². The number of rotatable bonds is 5. The summed E-state index contributed by atoms with van der Waals surface area (Å²) < 4.78 is 0. The standard InChI is InChI=1S/C10H19NO/c1-6-7-9(2)8-10(3,4)12-11-5/h7H,5-6,8H2,1-4H3/b9-7+. The molecule has 0 heterocycles. The molecule has 0 amide bonds. The number of hydrogen-bond acceptors (Lipinski definition) is 2. The topological polar surface area (TPSA) is 21.6 Å². The normalized spacial score (nSPS) is 12.8. The van der Waals surface area contributed by atoms with E-state index in [9.17, 15) is 0 Å². The van der Waals surface area contributed by atoms with Crippen LogP contribution in [0, 0.1) is 0 Å². The number of hydrogen-bond donors (Lipinski definition) is 0. The molecule has 0 unspecified atom stereocenters. The molecule has 0 fully saturated rings. The molecule has 0 aromatic rings. The lowest BCUT2D eigenvalue weighted by molar-refractivity contribution is -0.0120. The summed E-state index contributed by atoms with van der Waals surface area (Å²) in [7, 11) is 0. The summed E-state index contributed by atoms with van der Waals surface area (Å²) in [5, 5.41) is 3.44. The molecular weight excluding hydrogens is 150 g/mol. The highest BCUT2D eigenvalue weighted by molar-refractivity contribution is 5.21. The molecule has 0 saturated carbocycles. The van der Waals surface area contributed by atoms with Gasteiger partial charge in [-0.1, -0.05) is 18.6 Å². The van der Waals surface area contributed by atoms with Gasteiger partial charge in [0.05, 0.1) is 0 Å². The van der Waals surface area contributed by atoms with Gasteiger partial charge in [-0.15, -0.1) is 5.16 Å². The maximum Gasteiger partial charge on any atom is 0.135 e. The zero-order valence-corrected chi connectivity index (χ0v) is 8.55. The predicted octanol–water partition coefficient (Wildman–Crippen LogP) is 3.14. The number of oxime groups is 1. The average molecular weight is 169 g/mol. The fraction of sp³-hybridized carbons (Fsp3) is 0.700. The van der Waals surface area contributed by atoms with Crippen molar-refractivity contribution < 1.29 is 4.84 Å². The van der Waals surface area contributed by atoms with E-state index in [0.717, 1.165) is 12.8 Å². The Morgan fingerprint density at radius 2 is 2.17 bits per heavy atom. The van der Waals surface area contributed by atoms with Crippen molar-refractivity contribution in [1.29, 1.82) is 0 Å². The molecule has 0 aliphatic rings. The average Bonchev–Trinajstić information content (AvgIpc) is 1.85. The monoisotopic (exact) mass is 169 g/mol. The molecular formula is C10H19NO. The van der Waals surface area contributed by atoms with Crippen LogP contribution >= 0.6 is 0 Å². The van der Waals surface area contributed by atoms with Crippen LogP contribution in [-0.4, -0.2) is 12.3 Å². The number of nitrogens with zero attached hydrogens (tertiary/aromatic N) is 1. The summed E-state index contributed by atoms with van der Waals surface area (Å²) in [6.07, 6.45) is 4.18. The molecule has 70 valence electrons. The van der Waals surface area contributed by atoms with E-state index in [1.54, 1.807) is 0 Å². The van der Waals surface area contributed by atoms with Crippen molar-refractivity contribution in [3.05, 3.63) is 11.6 Å². The minimum Gasteiger partial charge on any atom is -0.390 e. The molecule has 0 aliphatic heterocycles. The zero-order valence-electron chi connectivity index (χ0n) is 8.55. The first-order valence-electron chi connectivity index (χ1n) is 4.31. The Morgan fingerprint density at radius 1 is 1.58 bits per heavy atom. The van der Waals surface area contributed by atoms with Gasteiger partial charge in [-0.25, -0.2) is 0 Å². The van der Waals surface area contributed by atoms with Crippen molar-refractivity contribution in [1.82, 2.24) is 0 Å². The van der Waals surface area contributed by atoms with Crippen LogP contribution in [0.1, 0.15) is 40.5 Å². The zero-order chi connectivity index (χ0) is 9.61. The Hall–Kier alpha value is -0.790. The smallest absolute Gasteiger partial charge is 0.135 e. The maximum absolute atomic E-state index is 5.12. The Morgan fingerprint density at radius 3 is 2.58 bits per heavy atom. The first-order chi connectivity index (χ1) is 5.52. The largest absolute Gasteiger partial charge is 0.390 e. The van der Waals surface area contributed by atoms with Crippen LogP contribution in [-0.2, 0) is 4.84 Å². The molecule has 12 heavy (non-hydrogen) atoms. The van der Waals surface area contributed by atoms with Crippen LogP contribution in [0.2, 0.25) is 0 Å².